The van der Waals surface area contributed by atoms with Crippen molar-refractivity contribution in [3.8, 4) is 0 Å². The van der Waals surface area contributed by atoms with Crippen LogP contribution in [-0.4, -0.2) is 64.2 Å². The molecular weight excluding hydrogens is 785 g/mol. The third kappa shape index (κ3) is 10.8. The first-order valence-electron chi connectivity index (χ1n) is 18.8. The van der Waals surface area contributed by atoms with Crippen molar-refractivity contribution in [2.75, 3.05) is 0 Å². The van der Waals surface area contributed by atoms with E-state index in [1.807, 2.05) is 122 Å². The molecule has 10 rings (SSSR count). The monoisotopic (exact) mass is 820 g/mol. The minimum absolute atomic E-state index is 0.431. The second-order valence-corrected chi connectivity index (χ2v) is 13.1. The van der Waals surface area contributed by atoms with Crippen molar-refractivity contribution in [2.45, 2.75) is 0 Å². The zero-order chi connectivity index (χ0) is 43.8. The van der Waals surface area contributed by atoms with Gasteiger partial charge in [0.05, 0.1) is 44.3 Å². The van der Waals surface area contributed by atoms with E-state index >= 15 is 0 Å². The number of pyridine rings is 4. The Balaban J connectivity index is 0.000000136. The van der Waals surface area contributed by atoms with E-state index in [9.17, 15) is 19.2 Å². The fourth-order valence-corrected chi connectivity index (χ4v) is 6.27. The topological polar surface area (TPSA) is 201 Å². The van der Waals surface area contributed by atoms with Crippen LogP contribution in [0, 0.1) is 0 Å². The highest BCUT2D eigenvalue weighted by Gasteiger charge is 2.25. The van der Waals surface area contributed by atoms with Crippen molar-refractivity contribution in [1.29, 1.82) is 0 Å². The smallest absolute Gasteiger partial charge is 0.336 e. The number of hydrogen-bond acceptors (Lipinski definition) is 8. The first-order chi connectivity index (χ1) is 30.1. The molecule has 12 nitrogen and oxygen atoms in total. The van der Waals surface area contributed by atoms with Crippen LogP contribution in [0.5, 0.6) is 0 Å². The Morgan fingerprint density at radius 3 is 0.661 bits per heavy atom. The SMILES string of the molecule is O=C(O)c1ccc(C(=O)O)c2c(C(=O)O)ccc(C(=O)O)c12.c1ccc2ncccc2c1.c1ccc2ncccc2c1.c1ccc2ncccc2c1.c1ccc2ncccc2c1. The highest BCUT2D eigenvalue weighted by atomic mass is 16.4. The molecule has 0 bridgehead atoms. The van der Waals surface area contributed by atoms with E-state index in [0.29, 0.717) is 0 Å². The zero-order valence-electron chi connectivity index (χ0n) is 32.7. The molecule has 10 aromatic rings. The van der Waals surface area contributed by atoms with Crippen LogP contribution in [0.25, 0.3) is 54.4 Å². The van der Waals surface area contributed by atoms with Crippen LogP contribution in [0.2, 0.25) is 0 Å². The molecular formula is C50H36N4O8. The van der Waals surface area contributed by atoms with Crippen LogP contribution in [0.15, 0.2) is 195 Å². The van der Waals surface area contributed by atoms with Gasteiger partial charge in [0, 0.05) is 57.1 Å². The van der Waals surface area contributed by atoms with E-state index in [-0.39, 0.29) is 0 Å². The van der Waals surface area contributed by atoms with Gasteiger partial charge in [-0.15, -0.1) is 0 Å². The number of aromatic carboxylic acids is 4. The van der Waals surface area contributed by atoms with Crippen molar-refractivity contribution in [3.63, 3.8) is 0 Å². The molecule has 4 heterocycles. The maximum Gasteiger partial charge on any atom is 0.336 e. The molecule has 6 aromatic carbocycles. The first kappa shape index (κ1) is 42.7. The Kier molecular flexibility index (Phi) is 14.2. The summed E-state index contributed by atoms with van der Waals surface area (Å²) in [5.74, 6) is -5.97. The summed E-state index contributed by atoms with van der Waals surface area (Å²) in [6, 6.07) is 52.1. The van der Waals surface area contributed by atoms with Gasteiger partial charge in [0.1, 0.15) is 0 Å². The van der Waals surface area contributed by atoms with Crippen molar-refractivity contribution in [2.24, 2.45) is 0 Å². The minimum atomic E-state index is -1.49. The van der Waals surface area contributed by atoms with E-state index in [2.05, 4.69) is 68.5 Å². The maximum atomic E-state index is 11.3. The molecule has 0 fully saturated rings. The number of carbonyl (C=O) groups is 4. The molecule has 0 spiro atoms. The molecule has 4 N–H and O–H groups in total. The number of nitrogens with zero attached hydrogens (tertiary/aromatic N) is 4. The average molecular weight is 821 g/mol. The second-order valence-electron chi connectivity index (χ2n) is 13.1. The van der Waals surface area contributed by atoms with Gasteiger partial charge in [-0.25, -0.2) is 19.2 Å². The van der Waals surface area contributed by atoms with Gasteiger partial charge in [-0.1, -0.05) is 97.1 Å². The highest BCUT2D eigenvalue weighted by Crippen LogP contribution is 2.30. The lowest BCUT2D eigenvalue weighted by Gasteiger charge is -2.11. The number of aromatic nitrogens is 4. The van der Waals surface area contributed by atoms with E-state index in [1.165, 1.54) is 21.5 Å². The molecule has 0 atom stereocenters. The third-order valence-corrected chi connectivity index (χ3v) is 9.13. The summed E-state index contributed by atoms with van der Waals surface area (Å²) < 4.78 is 0. The van der Waals surface area contributed by atoms with Gasteiger partial charge >= 0.3 is 23.9 Å². The molecule has 4 aromatic heterocycles. The molecule has 304 valence electrons. The maximum absolute atomic E-state index is 11.3. The lowest BCUT2D eigenvalue weighted by Crippen LogP contribution is -2.11. The summed E-state index contributed by atoms with van der Waals surface area (Å²) in [4.78, 5) is 61.8. The Hall–Kier alpha value is -8.90. The molecule has 0 aliphatic carbocycles. The molecule has 0 radical (unpaired) electrons. The van der Waals surface area contributed by atoms with Crippen LogP contribution >= 0.6 is 0 Å². The predicted octanol–water partition coefficient (Wildman–Crippen LogP) is 10.6. The summed E-state index contributed by atoms with van der Waals surface area (Å²) in [6.07, 6.45) is 7.23. The number of hydrogen-bond donors (Lipinski definition) is 4. The summed E-state index contributed by atoms with van der Waals surface area (Å²) in [5, 5.41) is 40.6. The van der Waals surface area contributed by atoms with Gasteiger partial charge in [-0.2, -0.15) is 0 Å². The summed E-state index contributed by atoms with van der Waals surface area (Å²) in [5.41, 5.74) is 2.30. The molecule has 0 unspecified atom stereocenters. The lowest BCUT2D eigenvalue weighted by atomic mass is 9.91. The average Bonchev–Trinajstić information content (AvgIpc) is 3.31. The molecule has 0 saturated carbocycles. The number of carboxylic acid groups (broad SMARTS) is 4. The summed E-state index contributed by atoms with van der Waals surface area (Å²) >= 11 is 0. The highest BCUT2D eigenvalue weighted by molar-refractivity contribution is 6.21. The van der Waals surface area contributed by atoms with E-state index in [0.717, 1.165) is 46.3 Å². The van der Waals surface area contributed by atoms with Crippen LogP contribution in [0.4, 0.5) is 0 Å². The van der Waals surface area contributed by atoms with Crippen LogP contribution in [0.1, 0.15) is 41.4 Å². The van der Waals surface area contributed by atoms with Gasteiger partial charge in [0.2, 0.25) is 0 Å². The van der Waals surface area contributed by atoms with Gasteiger partial charge in [-0.05, 0) is 72.8 Å². The molecule has 0 saturated heterocycles. The lowest BCUT2D eigenvalue weighted by molar-refractivity contribution is 0.0675. The zero-order valence-corrected chi connectivity index (χ0v) is 32.7. The minimum Gasteiger partial charge on any atom is -0.478 e. The molecule has 0 aliphatic heterocycles. The Morgan fingerprint density at radius 1 is 0.274 bits per heavy atom. The summed E-state index contributed by atoms with van der Waals surface area (Å²) in [6.45, 7) is 0. The molecule has 0 aliphatic rings. The molecule has 12 heteroatoms. The van der Waals surface area contributed by atoms with Gasteiger partial charge in [0.25, 0.3) is 0 Å². The Labute approximate surface area is 353 Å². The van der Waals surface area contributed by atoms with E-state index in [1.54, 1.807) is 0 Å². The molecule has 62 heavy (non-hydrogen) atoms. The Bertz CT molecular complexity index is 2510. The fourth-order valence-electron chi connectivity index (χ4n) is 6.27. The number of fused-ring (bicyclic) bond motifs is 5. The van der Waals surface area contributed by atoms with E-state index in [4.69, 9.17) is 20.4 Å². The van der Waals surface area contributed by atoms with Crippen LogP contribution < -0.4 is 0 Å². The largest absolute Gasteiger partial charge is 0.478 e. The van der Waals surface area contributed by atoms with Gasteiger partial charge in [-0.3, -0.25) is 19.9 Å². The molecule has 0 amide bonds. The van der Waals surface area contributed by atoms with Crippen molar-refractivity contribution in [1.82, 2.24) is 19.9 Å². The normalized spacial score (nSPS) is 10.1. The third-order valence-electron chi connectivity index (χ3n) is 9.13. The van der Waals surface area contributed by atoms with E-state index < -0.39 is 56.9 Å². The summed E-state index contributed by atoms with van der Waals surface area (Å²) in [7, 11) is 0. The van der Waals surface area contributed by atoms with Crippen molar-refractivity contribution >= 4 is 78.3 Å². The van der Waals surface area contributed by atoms with Crippen LogP contribution in [-0.2, 0) is 0 Å². The predicted molar refractivity (Wildman–Crippen MR) is 239 cm³/mol. The van der Waals surface area contributed by atoms with Crippen LogP contribution in [0.3, 0.4) is 0 Å². The second kappa shape index (κ2) is 20.7. The van der Waals surface area contributed by atoms with Crippen molar-refractivity contribution < 1.29 is 39.6 Å². The first-order valence-corrected chi connectivity index (χ1v) is 18.8. The number of para-hydroxylation sites is 4. The van der Waals surface area contributed by atoms with Crippen molar-refractivity contribution in [3.05, 3.63) is 217 Å². The Morgan fingerprint density at radius 2 is 0.468 bits per heavy atom. The standard InChI is InChI=1S/C14H8O8.4C9H7N/c15-11(16)5-1-2-6(12(17)18)10-8(14(21)22)4-3-7(9(5)10)13(19)20;4*1-2-6-9-8(4-1)5-3-7-10-9/h1-4H,(H,15,16)(H,17,18)(H,19,20)(H,21,22);4*1-7H. The quantitative estimate of drug-likeness (QED) is 0.131. The van der Waals surface area contributed by atoms with Gasteiger partial charge in [0.15, 0.2) is 0 Å². The number of rotatable bonds is 4. The number of benzene rings is 6. The van der Waals surface area contributed by atoms with Gasteiger partial charge < -0.3 is 20.4 Å². The fraction of sp³-hybridized carbons (Fsp3) is 0. The number of carboxylic acids is 4.